The minimum Gasteiger partial charge on any atom is -0.870 e. The molecule has 0 amide bonds. The molecule has 0 radical (unpaired) electrons. The normalized spacial score (nSPS) is 11.6. The number of nitroso groups, excluding NO2 is 1. The first kappa shape index (κ1) is 11.5. The molecule has 0 fully saturated rings. The third-order valence-corrected chi connectivity index (χ3v) is 3.15. The Hall–Kier alpha value is -1.99. The molecular weight excluding hydrogens is 246 g/mol. The summed E-state index contributed by atoms with van der Waals surface area (Å²) >= 11 is 0. The van der Waals surface area contributed by atoms with Crippen LogP contribution in [0.3, 0.4) is 0 Å². The minimum atomic E-state index is -4.90. The lowest BCUT2D eigenvalue weighted by Gasteiger charge is -2.17. The molecule has 17 heavy (non-hydrogen) atoms. The topological polar surface area (TPSA) is 110 Å². The lowest BCUT2D eigenvalue weighted by Crippen LogP contribution is -2.02. The van der Waals surface area contributed by atoms with Gasteiger partial charge in [-0.15, -0.1) is 4.91 Å². The van der Waals surface area contributed by atoms with Crippen LogP contribution in [0.4, 0.5) is 5.69 Å². The maximum absolute atomic E-state index is 11.7. The maximum Gasteiger partial charge on any atom is 0.126 e. The molecule has 0 saturated carbocycles. The molecule has 0 aliphatic rings. The van der Waals surface area contributed by atoms with Gasteiger partial charge in [0.2, 0.25) is 0 Å². The standard InChI is InChI=1S/C10H7NO5S/c12-10-7-4-2-1-3-6(7)5-8(9(10)11-13)17(14,15)16/h1-5,12H,(H,14,15,16)/p-2. The molecular formula is C10H5NO5S-2. The van der Waals surface area contributed by atoms with E-state index in [1.807, 2.05) is 0 Å². The Kier molecular flexibility index (Phi) is 2.56. The predicted octanol–water partition coefficient (Wildman–Crippen LogP) is 1.22. The number of fused-ring (bicyclic) bond motifs is 1. The Labute approximate surface area is 96.2 Å². The monoisotopic (exact) mass is 251 g/mol. The van der Waals surface area contributed by atoms with Crippen molar-refractivity contribution in [2.24, 2.45) is 5.18 Å². The van der Waals surface area contributed by atoms with E-state index in [-0.39, 0.29) is 10.8 Å². The largest absolute Gasteiger partial charge is 0.870 e. The predicted molar refractivity (Wildman–Crippen MR) is 56.8 cm³/mol. The van der Waals surface area contributed by atoms with Crippen LogP contribution in [0.15, 0.2) is 40.4 Å². The third kappa shape index (κ3) is 1.85. The fraction of sp³-hybridized carbons (Fsp3) is 0. The van der Waals surface area contributed by atoms with E-state index in [2.05, 4.69) is 5.18 Å². The van der Waals surface area contributed by atoms with Crippen LogP contribution in [0.2, 0.25) is 0 Å². The summed E-state index contributed by atoms with van der Waals surface area (Å²) in [5.74, 6) is -0.854. The van der Waals surface area contributed by atoms with Gasteiger partial charge in [0.1, 0.15) is 15.8 Å². The average Bonchev–Trinajstić information content (AvgIpc) is 2.28. The highest BCUT2D eigenvalue weighted by molar-refractivity contribution is 7.86. The van der Waals surface area contributed by atoms with Gasteiger partial charge in [-0.3, -0.25) is 0 Å². The quantitative estimate of drug-likeness (QED) is 0.588. The van der Waals surface area contributed by atoms with Gasteiger partial charge >= 0.3 is 0 Å². The van der Waals surface area contributed by atoms with Gasteiger partial charge in [0, 0.05) is 0 Å². The molecule has 0 N–H and O–H groups in total. The molecule has 0 saturated heterocycles. The van der Waals surface area contributed by atoms with Gasteiger partial charge in [-0.1, -0.05) is 30.0 Å². The van der Waals surface area contributed by atoms with E-state index >= 15 is 0 Å². The van der Waals surface area contributed by atoms with Crippen molar-refractivity contribution in [3.63, 3.8) is 0 Å². The molecule has 0 spiro atoms. The van der Waals surface area contributed by atoms with Crippen LogP contribution < -0.4 is 5.11 Å². The number of hydrogen-bond donors (Lipinski definition) is 0. The molecule has 0 aliphatic heterocycles. The second-order valence-electron chi connectivity index (χ2n) is 3.32. The second-order valence-corrected chi connectivity index (χ2v) is 4.67. The van der Waals surface area contributed by atoms with Crippen molar-refractivity contribution in [1.82, 2.24) is 0 Å². The van der Waals surface area contributed by atoms with Crippen molar-refractivity contribution < 1.29 is 18.1 Å². The molecule has 2 aromatic carbocycles. The maximum atomic E-state index is 11.7. The molecule has 0 bridgehead atoms. The van der Waals surface area contributed by atoms with Crippen molar-refractivity contribution in [2.45, 2.75) is 4.90 Å². The van der Waals surface area contributed by atoms with Crippen LogP contribution in [0.1, 0.15) is 0 Å². The van der Waals surface area contributed by atoms with Gasteiger partial charge in [-0.2, -0.15) is 0 Å². The number of rotatable bonds is 2. The first-order valence-electron chi connectivity index (χ1n) is 4.47. The third-order valence-electron chi connectivity index (χ3n) is 2.30. The van der Waals surface area contributed by atoms with Crippen molar-refractivity contribution in [2.75, 3.05) is 0 Å². The lowest BCUT2D eigenvalue weighted by molar-refractivity contribution is -0.264. The Morgan fingerprint density at radius 1 is 1.18 bits per heavy atom. The summed E-state index contributed by atoms with van der Waals surface area (Å²) in [5.41, 5.74) is -0.862. The van der Waals surface area contributed by atoms with E-state index in [0.29, 0.717) is 0 Å². The van der Waals surface area contributed by atoms with E-state index in [9.17, 15) is 23.0 Å². The van der Waals surface area contributed by atoms with Crippen molar-refractivity contribution in [1.29, 1.82) is 0 Å². The molecule has 2 aromatic rings. The van der Waals surface area contributed by atoms with Gasteiger partial charge in [-0.25, -0.2) is 8.42 Å². The van der Waals surface area contributed by atoms with E-state index in [4.69, 9.17) is 0 Å². The zero-order chi connectivity index (χ0) is 12.6. The first-order valence-corrected chi connectivity index (χ1v) is 5.88. The summed E-state index contributed by atoms with van der Waals surface area (Å²) in [5, 5.41) is 14.5. The summed E-state index contributed by atoms with van der Waals surface area (Å²) in [6, 6.07) is 7.02. The van der Waals surface area contributed by atoms with Crippen molar-refractivity contribution >= 4 is 26.6 Å². The molecule has 6 nitrogen and oxygen atoms in total. The minimum absolute atomic E-state index is 0.148. The van der Waals surface area contributed by atoms with Gasteiger partial charge in [0.25, 0.3) is 0 Å². The highest BCUT2D eigenvalue weighted by Gasteiger charge is 2.13. The second kappa shape index (κ2) is 3.79. The van der Waals surface area contributed by atoms with Crippen LogP contribution in [-0.4, -0.2) is 13.0 Å². The summed E-state index contributed by atoms with van der Waals surface area (Å²) in [7, 11) is -4.90. The van der Waals surface area contributed by atoms with Gasteiger partial charge in [0.05, 0.1) is 4.90 Å². The van der Waals surface area contributed by atoms with Crippen LogP contribution >= 0.6 is 0 Å². The zero-order valence-electron chi connectivity index (χ0n) is 8.28. The smallest absolute Gasteiger partial charge is 0.126 e. The molecule has 7 heteroatoms. The van der Waals surface area contributed by atoms with E-state index in [1.165, 1.54) is 12.1 Å². The number of nitrogens with zero attached hydrogens (tertiary/aromatic N) is 1. The Balaban J connectivity index is 3.00. The summed E-state index contributed by atoms with van der Waals surface area (Å²) in [6.07, 6.45) is 0. The highest BCUT2D eigenvalue weighted by atomic mass is 32.2. The van der Waals surface area contributed by atoms with Crippen molar-refractivity contribution in [3.05, 3.63) is 35.2 Å². The SMILES string of the molecule is O=Nc1c(S(=O)(=O)[O-])cc2ccccc2c1[O-]. The van der Waals surface area contributed by atoms with E-state index in [1.54, 1.807) is 12.1 Å². The Morgan fingerprint density at radius 3 is 2.41 bits per heavy atom. The Morgan fingerprint density at radius 2 is 1.82 bits per heavy atom. The average molecular weight is 251 g/mol. The van der Waals surface area contributed by atoms with Crippen LogP contribution in [0.25, 0.3) is 10.8 Å². The first-order chi connectivity index (χ1) is 7.95. The highest BCUT2D eigenvalue weighted by Crippen LogP contribution is 2.38. The number of hydrogen-bond acceptors (Lipinski definition) is 6. The van der Waals surface area contributed by atoms with E-state index < -0.39 is 26.5 Å². The van der Waals surface area contributed by atoms with Crippen LogP contribution in [0.5, 0.6) is 5.75 Å². The van der Waals surface area contributed by atoms with E-state index in [0.717, 1.165) is 6.07 Å². The fourth-order valence-electron chi connectivity index (χ4n) is 1.56. The van der Waals surface area contributed by atoms with Gasteiger partial charge in [0.15, 0.2) is 0 Å². The van der Waals surface area contributed by atoms with Crippen LogP contribution in [0, 0.1) is 4.91 Å². The zero-order valence-corrected chi connectivity index (χ0v) is 9.10. The molecule has 0 aromatic heterocycles. The molecule has 2 rings (SSSR count). The number of benzene rings is 2. The summed E-state index contributed by atoms with van der Waals surface area (Å²) in [6.45, 7) is 0. The molecule has 0 aliphatic carbocycles. The lowest BCUT2D eigenvalue weighted by atomic mass is 10.1. The summed E-state index contributed by atoms with van der Waals surface area (Å²) in [4.78, 5) is 9.61. The van der Waals surface area contributed by atoms with Gasteiger partial charge < -0.3 is 9.66 Å². The molecule has 0 unspecified atom stereocenters. The van der Waals surface area contributed by atoms with Crippen molar-refractivity contribution in [3.8, 4) is 5.75 Å². The van der Waals surface area contributed by atoms with Gasteiger partial charge in [-0.05, 0) is 22.0 Å². The molecule has 0 atom stereocenters. The fourth-order valence-corrected chi connectivity index (χ4v) is 2.19. The molecule has 0 heterocycles. The molecule has 88 valence electrons. The summed E-state index contributed by atoms with van der Waals surface area (Å²) < 4.78 is 32.7. The van der Waals surface area contributed by atoms with Crippen LogP contribution in [-0.2, 0) is 10.1 Å². The Bertz CT molecular complexity index is 708.